The van der Waals surface area contributed by atoms with Gasteiger partial charge in [0, 0.05) is 30.9 Å². The zero-order valence-electron chi connectivity index (χ0n) is 12.6. The number of carbonyl (C=O) groups excluding carboxylic acids is 2. The van der Waals surface area contributed by atoms with Crippen molar-refractivity contribution in [2.75, 3.05) is 19.6 Å². The van der Waals surface area contributed by atoms with Gasteiger partial charge in [-0.25, -0.2) is 0 Å². The summed E-state index contributed by atoms with van der Waals surface area (Å²) in [6.07, 6.45) is 4.56. The van der Waals surface area contributed by atoms with Crippen molar-refractivity contribution in [3.05, 3.63) is 22.4 Å². The topological polar surface area (TPSA) is 49.4 Å². The molecule has 5 heteroatoms. The van der Waals surface area contributed by atoms with Crippen molar-refractivity contribution in [1.82, 2.24) is 10.2 Å². The Morgan fingerprint density at radius 1 is 1.48 bits per heavy atom. The van der Waals surface area contributed by atoms with Gasteiger partial charge in [0.15, 0.2) is 0 Å². The third kappa shape index (κ3) is 4.84. The molecule has 1 aliphatic rings. The number of unbranched alkanes of at least 4 members (excludes halogenated alkanes) is 2. The van der Waals surface area contributed by atoms with Gasteiger partial charge in [-0.1, -0.05) is 25.8 Å². The monoisotopic (exact) mass is 308 g/mol. The van der Waals surface area contributed by atoms with Crippen LogP contribution >= 0.6 is 11.3 Å². The van der Waals surface area contributed by atoms with Crippen molar-refractivity contribution >= 4 is 23.2 Å². The van der Waals surface area contributed by atoms with Crippen LogP contribution in [0.2, 0.25) is 0 Å². The lowest BCUT2D eigenvalue weighted by Gasteiger charge is -2.16. The molecule has 0 aliphatic carbocycles. The van der Waals surface area contributed by atoms with Crippen LogP contribution < -0.4 is 5.32 Å². The maximum atomic E-state index is 12.1. The molecule has 4 nitrogen and oxygen atoms in total. The molecule has 1 aromatic heterocycles. The Morgan fingerprint density at radius 3 is 3.05 bits per heavy atom. The predicted octanol–water partition coefficient (Wildman–Crippen LogP) is 2.45. The second-order valence-electron chi connectivity index (χ2n) is 5.57. The lowest BCUT2D eigenvalue weighted by atomic mass is 10.1. The van der Waals surface area contributed by atoms with Crippen LogP contribution in [0.4, 0.5) is 0 Å². The molecule has 2 rings (SSSR count). The molecule has 0 aromatic carbocycles. The molecule has 21 heavy (non-hydrogen) atoms. The van der Waals surface area contributed by atoms with Crippen LogP contribution in [-0.4, -0.2) is 36.3 Å². The van der Waals surface area contributed by atoms with Crippen molar-refractivity contribution in [3.8, 4) is 0 Å². The SMILES string of the molecule is CCCCCN1CC(C(=O)NCCc2cccs2)CC1=O. The molecule has 1 aromatic rings. The summed E-state index contributed by atoms with van der Waals surface area (Å²) in [6, 6.07) is 4.09. The van der Waals surface area contributed by atoms with E-state index in [9.17, 15) is 9.59 Å². The van der Waals surface area contributed by atoms with Gasteiger partial charge in [-0.05, 0) is 24.3 Å². The second kappa shape index (κ2) is 8.17. The largest absolute Gasteiger partial charge is 0.355 e. The van der Waals surface area contributed by atoms with Gasteiger partial charge in [0.05, 0.1) is 5.92 Å². The number of likely N-dealkylation sites (tertiary alicyclic amines) is 1. The molecule has 2 amide bonds. The van der Waals surface area contributed by atoms with E-state index in [0.29, 0.717) is 19.5 Å². The molecule has 0 bridgehead atoms. The van der Waals surface area contributed by atoms with E-state index in [4.69, 9.17) is 0 Å². The quantitative estimate of drug-likeness (QED) is 0.750. The summed E-state index contributed by atoms with van der Waals surface area (Å²) in [5, 5.41) is 5.00. The van der Waals surface area contributed by atoms with E-state index >= 15 is 0 Å². The minimum Gasteiger partial charge on any atom is -0.355 e. The highest BCUT2D eigenvalue weighted by molar-refractivity contribution is 7.09. The summed E-state index contributed by atoms with van der Waals surface area (Å²) in [5.41, 5.74) is 0. The van der Waals surface area contributed by atoms with Crippen LogP contribution in [0.25, 0.3) is 0 Å². The van der Waals surface area contributed by atoms with E-state index in [1.54, 1.807) is 11.3 Å². The van der Waals surface area contributed by atoms with Crippen LogP contribution in [0.15, 0.2) is 17.5 Å². The Labute approximate surface area is 130 Å². The third-order valence-electron chi connectivity index (χ3n) is 3.87. The summed E-state index contributed by atoms with van der Waals surface area (Å²) in [4.78, 5) is 27.1. The number of carbonyl (C=O) groups is 2. The first-order valence-corrected chi connectivity index (χ1v) is 8.66. The highest BCUT2D eigenvalue weighted by Crippen LogP contribution is 2.18. The van der Waals surface area contributed by atoms with E-state index < -0.39 is 0 Å². The molecule has 1 saturated heterocycles. The number of amides is 2. The first-order valence-electron chi connectivity index (χ1n) is 7.78. The van der Waals surface area contributed by atoms with Gasteiger partial charge in [0.2, 0.25) is 11.8 Å². The van der Waals surface area contributed by atoms with Crippen molar-refractivity contribution in [1.29, 1.82) is 0 Å². The Balaban J connectivity index is 1.69. The van der Waals surface area contributed by atoms with Crippen molar-refractivity contribution in [2.24, 2.45) is 5.92 Å². The minimum atomic E-state index is -0.164. The van der Waals surface area contributed by atoms with Crippen molar-refractivity contribution in [2.45, 2.75) is 39.0 Å². The molecule has 0 spiro atoms. The maximum absolute atomic E-state index is 12.1. The van der Waals surface area contributed by atoms with Gasteiger partial charge < -0.3 is 10.2 Å². The summed E-state index contributed by atoms with van der Waals surface area (Å²) in [5.74, 6) is -0.00938. The van der Waals surface area contributed by atoms with Crippen LogP contribution in [0.1, 0.15) is 37.5 Å². The first kappa shape index (κ1) is 16.0. The van der Waals surface area contributed by atoms with Gasteiger partial charge in [-0.2, -0.15) is 0 Å². The summed E-state index contributed by atoms with van der Waals surface area (Å²) in [7, 11) is 0. The van der Waals surface area contributed by atoms with Crippen LogP contribution in [0, 0.1) is 5.92 Å². The molecule has 1 unspecified atom stereocenters. The van der Waals surface area contributed by atoms with Gasteiger partial charge in [-0.3, -0.25) is 9.59 Å². The Morgan fingerprint density at radius 2 is 2.33 bits per heavy atom. The number of hydrogen-bond acceptors (Lipinski definition) is 3. The fourth-order valence-corrected chi connectivity index (χ4v) is 3.33. The molecule has 0 saturated carbocycles. The second-order valence-corrected chi connectivity index (χ2v) is 6.60. The first-order chi connectivity index (χ1) is 10.2. The highest BCUT2D eigenvalue weighted by Gasteiger charge is 2.33. The van der Waals surface area contributed by atoms with Crippen LogP contribution in [0.3, 0.4) is 0 Å². The number of rotatable bonds is 8. The third-order valence-corrected chi connectivity index (χ3v) is 4.80. The lowest BCUT2D eigenvalue weighted by Crippen LogP contribution is -2.34. The van der Waals surface area contributed by atoms with E-state index in [0.717, 1.165) is 32.2 Å². The number of nitrogens with one attached hydrogen (secondary N) is 1. The predicted molar refractivity (Wildman–Crippen MR) is 85.2 cm³/mol. The summed E-state index contributed by atoms with van der Waals surface area (Å²) < 4.78 is 0. The average Bonchev–Trinajstić information content (AvgIpc) is 3.09. The fourth-order valence-electron chi connectivity index (χ4n) is 2.62. The van der Waals surface area contributed by atoms with Crippen LogP contribution in [0.5, 0.6) is 0 Å². The molecular weight excluding hydrogens is 284 g/mol. The molecule has 0 radical (unpaired) electrons. The van der Waals surface area contributed by atoms with Gasteiger partial charge >= 0.3 is 0 Å². The molecule has 1 aliphatic heterocycles. The summed E-state index contributed by atoms with van der Waals surface area (Å²) in [6.45, 7) is 4.19. The average molecular weight is 308 g/mol. The van der Waals surface area contributed by atoms with Crippen molar-refractivity contribution < 1.29 is 9.59 Å². The van der Waals surface area contributed by atoms with Gasteiger partial charge in [-0.15, -0.1) is 11.3 Å². The zero-order valence-corrected chi connectivity index (χ0v) is 13.5. The van der Waals surface area contributed by atoms with E-state index in [1.165, 1.54) is 4.88 Å². The zero-order chi connectivity index (χ0) is 15.1. The van der Waals surface area contributed by atoms with E-state index in [2.05, 4.69) is 18.3 Å². The number of nitrogens with zero attached hydrogens (tertiary/aromatic N) is 1. The van der Waals surface area contributed by atoms with E-state index in [-0.39, 0.29) is 17.7 Å². The van der Waals surface area contributed by atoms with Gasteiger partial charge in [0.1, 0.15) is 0 Å². The normalized spacial score (nSPS) is 18.2. The Hall–Kier alpha value is -1.36. The summed E-state index contributed by atoms with van der Waals surface area (Å²) >= 11 is 1.71. The molecule has 2 heterocycles. The standard InChI is InChI=1S/C16H24N2O2S/c1-2-3-4-9-18-12-13(11-15(18)19)16(20)17-8-7-14-6-5-10-21-14/h5-6,10,13H,2-4,7-9,11-12H2,1H3,(H,17,20). The highest BCUT2D eigenvalue weighted by atomic mass is 32.1. The van der Waals surface area contributed by atoms with Crippen molar-refractivity contribution in [3.63, 3.8) is 0 Å². The molecule has 1 N–H and O–H groups in total. The maximum Gasteiger partial charge on any atom is 0.225 e. The minimum absolute atomic E-state index is 0.0258. The molecular formula is C16H24N2O2S. The van der Waals surface area contributed by atoms with E-state index in [1.807, 2.05) is 16.3 Å². The van der Waals surface area contributed by atoms with Gasteiger partial charge in [0.25, 0.3) is 0 Å². The Bertz CT molecular complexity index is 459. The molecule has 116 valence electrons. The molecule has 1 atom stereocenters. The fraction of sp³-hybridized carbons (Fsp3) is 0.625. The molecule has 1 fully saturated rings. The van der Waals surface area contributed by atoms with Crippen LogP contribution in [-0.2, 0) is 16.0 Å². The number of hydrogen-bond donors (Lipinski definition) is 1. The Kier molecular flexibility index (Phi) is 6.23. The lowest BCUT2D eigenvalue weighted by molar-refractivity contribution is -0.129. The smallest absolute Gasteiger partial charge is 0.225 e. The number of thiophene rings is 1.